The minimum Gasteiger partial charge on any atom is -0.465 e. The molecule has 0 radical (unpaired) electrons. The van der Waals surface area contributed by atoms with Crippen molar-refractivity contribution < 1.29 is 14.3 Å². The number of rotatable bonds is 5. The van der Waals surface area contributed by atoms with Gasteiger partial charge in [-0.15, -0.1) is 0 Å². The number of aromatic nitrogens is 2. The van der Waals surface area contributed by atoms with E-state index in [1.807, 2.05) is 36.1 Å². The Bertz CT molecular complexity index is 1230. The van der Waals surface area contributed by atoms with Crippen molar-refractivity contribution in [2.24, 2.45) is 0 Å². The summed E-state index contributed by atoms with van der Waals surface area (Å²) in [7, 11) is 1.30. The number of benzene rings is 2. The van der Waals surface area contributed by atoms with Crippen LogP contribution in [0, 0.1) is 0 Å². The van der Waals surface area contributed by atoms with Gasteiger partial charge in [0.05, 0.1) is 29.4 Å². The first kappa shape index (κ1) is 22.3. The number of carbonyl (C=O) groups excluding carboxylic acids is 2. The number of aryl methyl sites for hydroxylation is 1. The van der Waals surface area contributed by atoms with Crippen LogP contribution in [0.25, 0.3) is 11.0 Å². The summed E-state index contributed by atoms with van der Waals surface area (Å²) in [6, 6.07) is 13.9. The molecule has 0 saturated carbocycles. The topological polar surface area (TPSA) is 106 Å². The maximum absolute atomic E-state index is 13.0. The van der Waals surface area contributed by atoms with Crippen LogP contribution in [0.5, 0.6) is 0 Å². The molecule has 1 saturated heterocycles. The lowest BCUT2D eigenvalue weighted by Gasteiger charge is -2.33. The first-order valence-electron chi connectivity index (χ1n) is 11.0. The standard InChI is InChI=1S/C24H27N5O4/c1-3-29-20-11-7-6-10-19(20)26-21(22(29)30)28-14-12-16(13-15-28)25-24(32)27-18-9-5-4-8-17(18)23(31)33-2/h4-11,16H,3,12-15H2,1-2H3,(H2,25,27,32). The van der Waals surface area contributed by atoms with Gasteiger partial charge in [-0.25, -0.2) is 14.6 Å². The number of urea groups is 1. The third-order valence-electron chi connectivity index (χ3n) is 5.86. The maximum Gasteiger partial charge on any atom is 0.339 e. The molecule has 0 bridgehead atoms. The molecule has 1 aliphatic heterocycles. The summed E-state index contributed by atoms with van der Waals surface area (Å²) >= 11 is 0. The molecule has 2 N–H and O–H groups in total. The summed E-state index contributed by atoms with van der Waals surface area (Å²) in [5.41, 5.74) is 2.20. The lowest BCUT2D eigenvalue weighted by molar-refractivity contribution is 0.0602. The number of ether oxygens (including phenoxy) is 1. The maximum atomic E-state index is 13.0. The van der Waals surface area contributed by atoms with Gasteiger partial charge in [-0.05, 0) is 44.0 Å². The Morgan fingerprint density at radius 3 is 2.52 bits per heavy atom. The second kappa shape index (κ2) is 9.72. The van der Waals surface area contributed by atoms with Crippen LogP contribution in [0.2, 0.25) is 0 Å². The molecule has 0 aliphatic carbocycles. The largest absolute Gasteiger partial charge is 0.465 e. The Kier molecular flexibility index (Phi) is 6.58. The number of methoxy groups -OCH3 is 1. The van der Waals surface area contributed by atoms with Gasteiger partial charge in [0.15, 0.2) is 5.82 Å². The molecule has 0 unspecified atom stereocenters. The van der Waals surface area contributed by atoms with Gasteiger partial charge >= 0.3 is 12.0 Å². The van der Waals surface area contributed by atoms with E-state index in [0.717, 1.165) is 11.0 Å². The Labute approximate surface area is 191 Å². The molecule has 33 heavy (non-hydrogen) atoms. The average Bonchev–Trinajstić information content (AvgIpc) is 2.84. The van der Waals surface area contributed by atoms with Crippen molar-refractivity contribution in [3.05, 3.63) is 64.4 Å². The molecule has 1 fully saturated rings. The molecule has 2 amide bonds. The van der Waals surface area contributed by atoms with Gasteiger partial charge < -0.3 is 24.8 Å². The van der Waals surface area contributed by atoms with Crippen LogP contribution < -0.4 is 21.1 Å². The predicted octanol–water partition coefficient (Wildman–Crippen LogP) is 2.99. The SMILES string of the molecule is CCn1c(=O)c(N2CCC(NC(=O)Nc3ccccc3C(=O)OC)CC2)nc2ccccc21. The van der Waals surface area contributed by atoms with Crippen molar-refractivity contribution in [3.8, 4) is 0 Å². The monoisotopic (exact) mass is 449 g/mol. The van der Waals surface area contributed by atoms with Gasteiger partial charge in [-0.1, -0.05) is 24.3 Å². The van der Waals surface area contributed by atoms with E-state index in [1.54, 1.807) is 28.8 Å². The van der Waals surface area contributed by atoms with Gasteiger partial charge in [-0.2, -0.15) is 0 Å². The van der Waals surface area contributed by atoms with Gasteiger partial charge in [0, 0.05) is 25.7 Å². The number of anilines is 2. The van der Waals surface area contributed by atoms with Crippen molar-refractivity contribution >= 4 is 34.5 Å². The van der Waals surface area contributed by atoms with Crippen LogP contribution in [0.15, 0.2) is 53.3 Å². The van der Waals surface area contributed by atoms with Crippen molar-refractivity contribution in [2.45, 2.75) is 32.4 Å². The third kappa shape index (κ3) is 4.67. The number of hydrogen-bond acceptors (Lipinski definition) is 6. The van der Waals surface area contributed by atoms with Crippen molar-refractivity contribution in [2.75, 3.05) is 30.4 Å². The van der Waals surface area contributed by atoms with Crippen LogP contribution in [-0.2, 0) is 11.3 Å². The minimum absolute atomic E-state index is 0.0552. The molecule has 1 aliphatic rings. The van der Waals surface area contributed by atoms with Crippen LogP contribution in [0.3, 0.4) is 0 Å². The van der Waals surface area contributed by atoms with Crippen molar-refractivity contribution in [1.29, 1.82) is 0 Å². The van der Waals surface area contributed by atoms with Gasteiger partial charge in [0.25, 0.3) is 5.56 Å². The summed E-state index contributed by atoms with van der Waals surface area (Å²) in [5, 5.41) is 5.69. The first-order chi connectivity index (χ1) is 16.0. The number of para-hydroxylation sites is 3. The fraction of sp³-hybridized carbons (Fsp3) is 0.333. The van der Waals surface area contributed by atoms with Crippen LogP contribution in [0.4, 0.5) is 16.3 Å². The highest BCUT2D eigenvalue weighted by molar-refractivity contribution is 6.00. The second-order valence-electron chi connectivity index (χ2n) is 7.87. The molecular weight excluding hydrogens is 422 g/mol. The molecule has 0 spiro atoms. The second-order valence-corrected chi connectivity index (χ2v) is 7.87. The van der Waals surface area contributed by atoms with E-state index in [-0.39, 0.29) is 17.6 Å². The van der Waals surface area contributed by atoms with Crippen LogP contribution in [-0.4, -0.2) is 47.8 Å². The predicted molar refractivity (Wildman–Crippen MR) is 127 cm³/mol. The molecule has 172 valence electrons. The number of nitrogens with zero attached hydrogens (tertiary/aromatic N) is 3. The molecule has 3 aromatic rings. The number of hydrogen-bond donors (Lipinski definition) is 2. The normalized spacial score (nSPS) is 14.2. The first-order valence-corrected chi connectivity index (χ1v) is 11.0. The Morgan fingerprint density at radius 2 is 1.79 bits per heavy atom. The number of piperidine rings is 1. The van der Waals surface area contributed by atoms with E-state index in [0.29, 0.717) is 49.5 Å². The van der Waals surface area contributed by atoms with E-state index in [4.69, 9.17) is 4.74 Å². The highest BCUT2D eigenvalue weighted by atomic mass is 16.5. The van der Waals surface area contributed by atoms with Crippen LogP contribution >= 0.6 is 0 Å². The number of amides is 2. The summed E-state index contributed by atoms with van der Waals surface area (Å²) < 4.78 is 6.51. The number of carbonyl (C=O) groups is 2. The Balaban J connectivity index is 1.41. The molecule has 9 heteroatoms. The van der Waals surface area contributed by atoms with E-state index < -0.39 is 5.97 Å². The van der Waals surface area contributed by atoms with Crippen LogP contribution in [0.1, 0.15) is 30.1 Å². The molecule has 2 heterocycles. The number of nitrogens with one attached hydrogen (secondary N) is 2. The fourth-order valence-corrected chi connectivity index (χ4v) is 4.16. The van der Waals surface area contributed by atoms with Crippen molar-refractivity contribution in [1.82, 2.24) is 14.9 Å². The summed E-state index contributed by atoms with van der Waals surface area (Å²) in [5.74, 6) is -0.0646. The zero-order valence-corrected chi connectivity index (χ0v) is 18.7. The van der Waals surface area contributed by atoms with Gasteiger partial charge in [0.2, 0.25) is 0 Å². The Morgan fingerprint density at radius 1 is 1.09 bits per heavy atom. The molecule has 1 aromatic heterocycles. The minimum atomic E-state index is -0.514. The van der Waals surface area contributed by atoms with Gasteiger partial charge in [0.1, 0.15) is 0 Å². The van der Waals surface area contributed by atoms with E-state index in [2.05, 4.69) is 15.6 Å². The fourth-order valence-electron chi connectivity index (χ4n) is 4.16. The molecular formula is C24H27N5O4. The number of esters is 1. The smallest absolute Gasteiger partial charge is 0.339 e. The zero-order chi connectivity index (χ0) is 23.4. The van der Waals surface area contributed by atoms with Crippen molar-refractivity contribution in [3.63, 3.8) is 0 Å². The van der Waals surface area contributed by atoms with E-state index >= 15 is 0 Å². The third-order valence-corrected chi connectivity index (χ3v) is 5.86. The van der Waals surface area contributed by atoms with Gasteiger partial charge in [-0.3, -0.25) is 4.79 Å². The molecule has 2 aromatic carbocycles. The van der Waals surface area contributed by atoms with E-state index in [9.17, 15) is 14.4 Å². The highest BCUT2D eigenvalue weighted by Crippen LogP contribution is 2.20. The molecule has 0 atom stereocenters. The lowest BCUT2D eigenvalue weighted by Crippen LogP contribution is -2.47. The quantitative estimate of drug-likeness (QED) is 0.580. The lowest BCUT2D eigenvalue weighted by atomic mass is 10.1. The molecule has 4 rings (SSSR count). The number of fused-ring (bicyclic) bond motifs is 1. The summed E-state index contributed by atoms with van der Waals surface area (Å²) in [6.45, 7) is 3.73. The summed E-state index contributed by atoms with van der Waals surface area (Å²) in [6.07, 6.45) is 1.35. The van der Waals surface area contributed by atoms with E-state index in [1.165, 1.54) is 7.11 Å². The Hall–Kier alpha value is -3.88. The molecule has 9 nitrogen and oxygen atoms in total. The zero-order valence-electron chi connectivity index (χ0n) is 18.7. The average molecular weight is 450 g/mol. The summed E-state index contributed by atoms with van der Waals surface area (Å²) in [4.78, 5) is 44.1. The highest BCUT2D eigenvalue weighted by Gasteiger charge is 2.25.